The third kappa shape index (κ3) is 2.59. The van der Waals surface area contributed by atoms with Gasteiger partial charge in [0.15, 0.2) is 0 Å². The molecule has 0 aliphatic carbocycles. The normalized spacial score (nSPS) is 11.7. The summed E-state index contributed by atoms with van der Waals surface area (Å²) in [5.41, 5.74) is 3.29. The van der Waals surface area contributed by atoms with E-state index >= 15 is 0 Å². The lowest BCUT2D eigenvalue weighted by Crippen LogP contribution is -2.12. The van der Waals surface area contributed by atoms with Crippen molar-refractivity contribution in [3.8, 4) is 11.5 Å². The molecule has 0 heterocycles. The van der Waals surface area contributed by atoms with Gasteiger partial charge in [0.1, 0.15) is 11.5 Å². The van der Waals surface area contributed by atoms with E-state index in [0.717, 1.165) is 0 Å². The summed E-state index contributed by atoms with van der Waals surface area (Å²) in [6.45, 7) is 10.2. The number of hydrogen-bond donors (Lipinski definition) is 2. The fourth-order valence-corrected chi connectivity index (χ4v) is 5.25. The molecular formula is C18H22O4S. The molecular weight excluding hydrogens is 312 g/mol. The van der Waals surface area contributed by atoms with E-state index in [9.17, 15) is 18.6 Å². The first-order valence-corrected chi connectivity index (χ1v) is 8.83. The van der Waals surface area contributed by atoms with Crippen LogP contribution in [0.15, 0.2) is 21.9 Å². The average Bonchev–Trinajstić information content (AvgIpc) is 2.43. The largest absolute Gasteiger partial charge is 0.508 e. The van der Waals surface area contributed by atoms with E-state index < -0.39 is 9.84 Å². The zero-order valence-corrected chi connectivity index (χ0v) is 15.1. The SMILES string of the molecule is Cc1cc(O)c(C)c(S(=O)(=O)c2c(C)c(C)cc(O)c2C)c1C. The van der Waals surface area contributed by atoms with Crippen LogP contribution in [0.25, 0.3) is 0 Å². The van der Waals surface area contributed by atoms with Gasteiger partial charge in [0.25, 0.3) is 0 Å². The minimum absolute atomic E-state index is 0.0427. The molecule has 2 aromatic carbocycles. The number of phenols is 2. The monoisotopic (exact) mass is 334 g/mol. The van der Waals surface area contributed by atoms with Crippen LogP contribution in [0.3, 0.4) is 0 Å². The fraction of sp³-hybridized carbons (Fsp3) is 0.333. The predicted octanol–water partition coefficient (Wildman–Crippen LogP) is 3.78. The summed E-state index contributed by atoms with van der Waals surface area (Å²) in [6, 6.07) is 3.13. The second-order valence-electron chi connectivity index (χ2n) is 6.09. The van der Waals surface area contributed by atoms with Crippen molar-refractivity contribution in [2.75, 3.05) is 0 Å². The maximum atomic E-state index is 13.3. The third-order valence-corrected chi connectivity index (χ3v) is 6.86. The van der Waals surface area contributed by atoms with E-state index in [1.807, 2.05) is 0 Å². The van der Waals surface area contributed by atoms with Crippen LogP contribution >= 0.6 is 0 Å². The van der Waals surface area contributed by atoms with Crippen LogP contribution in [0.4, 0.5) is 0 Å². The number of sulfone groups is 1. The zero-order valence-electron chi connectivity index (χ0n) is 14.3. The molecule has 0 radical (unpaired) electrons. The number of aryl methyl sites for hydroxylation is 2. The molecule has 5 heteroatoms. The molecule has 0 spiro atoms. The van der Waals surface area contributed by atoms with Crippen molar-refractivity contribution in [2.45, 2.75) is 51.3 Å². The Morgan fingerprint density at radius 1 is 0.652 bits per heavy atom. The van der Waals surface area contributed by atoms with Crippen LogP contribution in [0.2, 0.25) is 0 Å². The van der Waals surface area contributed by atoms with E-state index in [-0.39, 0.29) is 21.3 Å². The van der Waals surface area contributed by atoms with E-state index in [4.69, 9.17) is 0 Å². The Labute approximate surface area is 137 Å². The Balaban J connectivity index is 2.97. The van der Waals surface area contributed by atoms with Crippen LogP contribution in [-0.4, -0.2) is 18.6 Å². The number of aromatic hydroxyl groups is 2. The summed E-state index contributed by atoms with van der Waals surface area (Å²) in [6.07, 6.45) is 0. The Bertz CT molecular complexity index is 788. The minimum atomic E-state index is -3.87. The molecule has 0 amide bonds. The molecule has 2 aromatic rings. The van der Waals surface area contributed by atoms with Gasteiger partial charge in [-0.3, -0.25) is 0 Å². The lowest BCUT2D eigenvalue weighted by molar-refractivity contribution is 0.466. The van der Waals surface area contributed by atoms with Gasteiger partial charge in [0.2, 0.25) is 9.84 Å². The van der Waals surface area contributed by atoms with Gasteiger partial charge in [0.05, 0.1) is 9.79 Å². The molecule has 0 fully saturated rings. The molecule has 2 rings (SSSR count). The molecule has 124 valence electrons. The highest BCUT2D eigenvalue weighted by Gasteiger charge is 2.29. The summed E-state index contributed by atoms with van der Waals surface area (Å²) in [5, 5.41) is 20.1. The summed E-state index contributed by atoms with van der Waals surface area (Å²) in [7, 11) is -3.87. The standard InChI is InChI=1S/C18H22O4S/c1-9-7-15(19)13(5)17(11(9)3)23(21,22)18-12(4)10(2)8-16(20)14(18)6/h7-8,19-20H,1-6H3. The topological polar surface area (TPSA) is 74.6 Å². The van der Waals surface area contributed by atoms with E-state index in [1.54, 1.807) is 53.7 Å². The van der Waals surface area contributed by atoms with Crippen LogP contribution in [0, 0.1) is 41.5 Å². The van der Waals surface area contributed by atoms with Gasteiger partial charge in [-0.25, -0.2) is 8.42 Å². The summed E-state index contributed by atoms with van der Waals surface area (Å²) in [5.74, 6) is -0.0855. The average molecular weight is 334 g/mol. The molecule has 23 heavy (non-hydrogen) atoms. The van der Waals surface area contributed by atoms with Crippen molar-refractivity contribution in [1.82, 2.24) is 0 Å². The van der Waals surface area contributed by atoms with Crippen molar-refractivity contribution < 1.29 is 18.6 Å². The maximum Gasteiger partial charge on any atom is 0.207 e. The second kappa shape index (κ2) is 5.57. The fourth-order valence-electron chi connectivity index (χ4n) is 2.90. The summed E-state index contributed by atoms with van der Waals surface area (Å²) in [4.78, 5) is 0.234. The van der Waals surface area contributed by atoms with E-state index in [0.29, 0.717) is 33.4 Å². The molecule has 0 bridgehead atoms. The minimum Gasteiger partial charge on any atom is -0.508 e. The second-order valence-corrected chi connectivity index (χ2v) is 7.91. The Morgan fingerprint density at radius 3 is 1.26 bits per heavy atom. The molecule has 2 N–H and O–H groups in total. The third-order valence-electron chi connectivity index (χ3n) is 4.56. The van der Waals surface area contributed by atoms with Crippen LogP contribution in [0.1, 0.15) is 33.4 Å². The highest BCUT2D eigenvalue weighted by molar-refractivity contribution is 7.91. The van der Waals surface area contributed by atoms with E-state index in [2.05, 4.69) is 0 Å². The molecule has 0 saturated heterocycles. The summed E-state index contributed by atoms with van der Waals surface area (Å²) < 4.78 is 26.6. The molecule has 4 nitrogen and oxygen atoms in total. The zero-order chi connectivity index (χ0) is 17.7. The molecule has 0 atom stereocenters. The number of hydrogen-bond acceptors (Lipinski definition) is 4. The lowest BCUT2D eigenvalue weighted by atomic mass is 10.1. The smallest absolute Gasteiger partial charge is 0.207 e. The van der Waals surface area contributed by atoms with Gasteiger partial charge in [-0.2, -0.15) is 0 Å². The van der Waals surface area contributed by atoms with E-state index in [1.165, 1.54) is 0 Å². The number of phenolic OH excluding ortho intramolecular Hbond substituents is 2. The Hall–Kier alpha value is -2.01. The van der Waals surface area contributed by atoms with Crippen LogP contribution in [-0.2, 0) is 9.84 Å². The Morgan fingerprint density at radius 2 is 0.957 bits per heavy atom. The van der Waals surface area contributed by atoms with Gasteiger partial charge in [-0.15, -0.1) is 0 Å². The van der Waals surface area contributed by atoms with Crippen molar-refractivity contribution in [2.24, 2.45) is 0 Å². The quantitative estimate of drug-likeness (QED) is 0.876. The van der Waals surface area contributed by atoms with Gasteiger partial charge in [-0.1, -0.05) is 0 Å². The molecule has 0 unspecified atom stereocenters. The molecule has 0 saturated carbocycles. The maximum absolute atomic E-state index is 13.3. The van der Waals surface area contributed by atoms with Crippen molar-refractivity contribution in [3.63, 3.8) is 0 Å². The van der Waals surface area contributed by atoms with Gasteiger partial charge < -0.3 is 10.2 Å². The Kier molecular flexibility index (Phi) is 4.20. The van der Waals surface area contributed by atoms with Crippen molar-refractivity contribution >= 4 is 9.84 Å². The lowest BCUT2D eigenvalue weighted by Gasteiger charge is -2.19. The highest BCUT2D eigenvalue weighted by atomic mass is 32.2. The van der Waals surface area contributed by atoms with Crippen molar-refractivity contribution in [1.29, 1.82) is 0 Å². The first kappa shape index (κ1) is 17.3. The van der Waals surface area contributed by atoms with Crippen LogP contribution in [0.5, 0.6) is 11.5 Å². The first-order chi connectivity index (χ1) is 10.5. The predicted molar refractivity (Wildman–Crippen MR) is 90.1 cm³/mol. The van der Waals surface area contributed by atoms with Crippen molar-refractivity contribution in [3.05, 3.63) is 45.5 Å². The summed E-state index contributed by atoms with van der Waals surface area (Å²) >= 11 is 0. The molecule has 0 aliphatic heterocycles. The van der Waals surface area contributed by atoms with Crippen LogP contribution < -0.4 is 0 Å². The van der Waals surface area contributed by atoms with Gasteiger partial charge in [0, 0.05) is 11.1 Å². The number of benzene rings is 2. The first-order valence-electron chi connectivity index (χ1n) is 7.34. The van der Waals surface area contributed by atoms with Gasteiger partial charge in [-0.05, 0) is 75.9 Å². The molecule has 0 aromatic heterocycles. The number of rotatable bonds is 2. The highest BCUT2D eigenvalue weighted by Crippen LogP contribution is 2.39. The molecule has 0 aliphatic rings. The van der Waals surface area contributed by atoms with Gasteiger partial charge >= 0.3 is 0 Å².